The highest BCUT2D eigenvalue weighted by molar-refractivity contribution is 5.12. The number of allylic oxidation sites excluding steroid dienone is 2. The molecule has 0 saturated heterocycles. The number of rotatable bonds is 7. The van der Waals surface area contributed by atoms with Crippen molar-refractivity contribution in [3.05, 3.63) is 11.6 Å². The lowest BCUT2D eigenvalue weighted by Gasteiger charge is -2.63. The van der Waals surface area contributed by atoms with E-state index < -0.39 is 0 Å². The van der Waals surface area contributed by atoms with Crippen molar-refractivity contribution in [3.8, 4) is 0 Å². The van der Waals surface area contributed by atoms with Crippen molar-refractivity contribution < 1.29 is 5.11 Å². The summed E-state index contributed by atoms with van der Waals surface area (Å²) < 4.78 is 0. The highest BCUT2D eigenvalue weighted by atomic mass is 16.3. The van der Waals surface area contributed by atoms with Gasteiger partial charge in [0, 0.05) is 0 Å². The second-order valence-corrected chi connectivity index (χ2v) is 14.2. The van der Waals surface area contributed by atoms with Crippen LogP contribution >= 0.6 is 0 Å². The van der Waals surface area contributed by atoms with E-state index in [9.17, 15) is 5.11 Å². The molecule has 0 amide bonds. The van der Waals surface area contributed by atoms with Gasteiger partial charge < -0.3 is 5.11 Å². The summed E-state index contributed by atoms with van der Waals surface area (Å²) in [5, 5.41) is 11.0. The van der Waals surface area contributed by atoms with Gasteiger partial charge in [0.05, 0.1) is 6.10 Å². The van der Waals surface area contributed by atoms with Gasteiger partial charge in [0.15, 0.2) is 0 Å². The Morgan fingerprint density at radius 1 is 0.879 bits per heavy atom. The minimum absolute atomic E-state index is 0.0778. The molecule has 4 aliphatic rings. The topological polar surface area (TPSA) is 20.2 Å². The van der Waals surface area contributed by atoms with E-state index in [1.165, 1.54) is 69.8 Å². The maximum Gasteiger partial charge on any atom is 0.0574 e. The maximum atomic E-state index is 11.0. The van der Waals surface area contributed by atoms with E-state index >= 15 is 0 Å². The first-order valence-corrected chi connectivity index (χ1v) is 14.9. The highest BCUT2D eigenvalue weighted by Crippen LogP contribution is 2.69. The van der Waals surface area contributed by atoms with E-state index in [1.807, 2.05) is 0 Å². The maximum absolute atomic E-state index is 11.0. The van der Waals surface area contributed by atoms with E-state index in [2.05, 4.69) is 54.5 Å². The van der Waals surface area contributed by atoms with E-state index in [1.54, 1.807) is 0 Å². The van der Waals surface area contributed by atoms with Gasteiger partial charge in [0.25, 0.3) is 0 Å². The molecular weight excluding hydrogens is 400 g/mol. The molecule has 0 aromatic rings. The average Bonchev–Trinajstić information content (AvgIpc) is 3.13. The van der Waals surface area contributed by atoms with E-state index in [4.69, 9.17) is 0 Å². The predicted octanol–water partition coefficient (Wildman–Crippen LogP) is 9.05. The van der Waals surface area contributed by atoms with Crippen molar-refractivity contribution in [3.63, 3.8) is 0 Å². The van der Waals surface area contributed by atoms with Gasteiger partial charge in [-0.3, -0.25) is 0 Å². The highest BCUT2D eigenvalue weighted by Gasteiger charge is 2.61. The summed E-state index contributed by atoms with van der Waals surface area (Å²) in [6, 6.07) is 0. The Balaban J connectivity index is 1.49. The summed E-state index contributed by atoms with van der Waals surface area (Å²) >= 11 is 0. The lowest BCUT2D eigenvalue weighted by molar-refractivity contribution is -0.152. The Labute approximate surface area is 206 Å². The molecule has 4 fully saturated rings. The van der Waals surface area contributed by atoms with Crippen molar-refractivity contribution in [1.82, 2.24) is 0 Å². The Hall–Kier alpha value is -0.300. The molecule has 4 saturated carbocycles. The van der Waals surface area contributed by atoms with Crippen LogP contribution in [0.2, 0.25) is 0 Å². The number of aliphatic hydroxyl groups is 1. The van der Waals surface area contributed by atoms with Gasteiger partial charge in [0.2, 0.25) is 0 Å². The molecule has 0 spiro atoms. The van der Waals surface area contributed by atoms with Gasteiger partial charge in [-0.15, -0.1) is 0 Å². The van der Waals surface area contributed by atoms with E-state index in [-0.39, 0.29) is 6.10 Å². The first kappa shape index (κ1) is 25.8. The number of aliphatic hydroxyl groups excluding tert-OH is 1. The van der Waals surface area contributed by atoms with Crippen molar-refractivity contribution in [1.29, 1.82) is 0 Å². The Morgan fingerprint density at radius 3 is 2.24 bits per heavy atom. The fraction of sp³-hybridized carbons (Fsp3) is 0.938. The summed E-state index contributed by atoms with van der Waals surface area (Å²) in [7, 11) is 0. The molecule has 4 aliphatic carbocycles. The van der Waals surface area contributed by atoms with Crippen LogP contribution in [0.5, 0.6) is 0 Å². The molecule has 4 rings (SSSR count). The fourth-order valence-electron chi connectivity index (χ4n) is 10.3. The lowest BCUT2D eigenvalue weighted by Crippen LogP contribution is -2.56. The molecule has 1 nitrogen and oxygen atoms in total. The van der Waals surface area contributed by atoms with Crippen molar-refractivity contribution >= 4 is 0 Å². The Bertz CT molecular complexity index is 693. The molecule has 0 heterocycles. The second-order valence-electron chi connectivity index (χ2n) is 14.2. The van der Waals surface area contributed by atoms with Crippen LogP contribution < -0.4 is 0 Å². The van der Waals surface area contributed by atoms with Gasteiger partial charge in [-0.2, -0.15) is 0 Å². The number of hydrogen-bond acceptors (Lipinski definition) is 1. The molecule has 1 heteroatoms. The smallest absolute Gasteiger partial charge is 0.0574 e. The van der Waals surface area contributed by atoms with Gasteiger partial charge in [-0.25, -0.2) is 0 Å². The van der Waals surface area contributed by atoms with Gasteiger partial charge in [-0.05, 0) is 130 Å². The summed E-state index contributed by atoms with van der Waals surface area (Å²) in [6.45, 7) is 17.2. The minimum Gasteiger partial charge on any atom is -0.393 e. The van der Waals surface area contributed by atoms with Crippen LogP contribution in [0.1, 0.15) is 126 Å². The van der Waals surface area contributed by atoms with Gasteiger partial charge >= 0.3 is 0 Å². The van der Waals surface area contributed by atoms with Crippen LogP contribution in [0.4, 0.5) is 0 Å². The van der Waals surface area contributed by atoms with Crippen LogP contribution in [0.3, 0.4) is 0 Å². The molecule has 1 N–H and O–H groups in total. The van der Waals surface area contributed by atoms with Crippen molar-refractivity contribution in [2.75, 3.05) is 0 Å². The third-order valence-electron chi connectivity index (χ3n) is 12.2. The SMILES string of the molecule is C/C=C(\C)C[C@@H]1[C@H](O)CC[C@@]2(C)[C@H]1CC[C@@H]1[C@@H]2CC[C@]2(C)[C@@H]([C@H](C)CCCC(C)C)CC[C@@H]12. The number of hydrogen-bond donors (Lipinski definition) is 1. The van der Waals surface area contributed by atoms with Crippen LogP contribution in [-0.4, -0.2) is 11.2 Å². The molecule has 33 heavy (non-hydrogen) atoms. The van der Waals surface area contributed by atoms with Crippen LogP contribution in [-0.2, 0) is 0 Å². The Kier molecular flexibility index (Phi) is 7.80. The third-order valence-corrected chi connectivity index (χ3v) is 12.2. The fourth-order valence-corrected chi connectivity index (χ4v) is 10.3. The lowest BCUT2D eigenvalue weighted by atomic mass is 9.42. The molecular formula is C32H56O. The van der Waals surface area contributed by atoms with E-state index in [0.717, 1.165) is 54.3 Å². The normalized spacial score (nSPS) is 46.6. The molecule has 0 aliphatic heterocycles. The summed E-state index contributed by atoms with van der Waals surface area (Å²) in [6.07, 6.45) is 18.6. The predicted molar refractivity (Wildman–Crippen MR) is 142 cm³/mol. The van der Waals surface area contributed by atoms with Crippen LogP contribution in [0, 0.1) is 58.2 Å². The first-order valence-electron chi connectivity index (χ1n) is 14.9. The largest absolute Gasteiger partial charge is 0.393 e. The first-order chi connectivity index (χ1) is 15.6. The third kappa shape index (κ3) is 4.63. The number of fused-ring (bicyclic) bond motifs is 5. The van der Waals surface area contributed by atoms with Crippen molar-refractivity contribution in [2.24, 2.45) is 58.2 Å². The molecule has 0 radical (unpaired) electrons. The van der Waals surface area contributed by atoms with Crippen LogP contribution in [0.15, 0.2) is 11.6 Å². The van der Waals surface area contributed by atoms with Gasteiger partial charge in [-0.1, -0.05) is 65.5 Å². The standard InChI is InChI=1S/C32H56O/c1-8-22(4)20-25-28-13-12-24-27-15-14-26(23(5)11-9-10-21(2)3)31(27,6)18-16-29(24)32(28,7)19-17-30(25)33/h8,21,23-30,33H,9-20H2,1-7H3/b22-8+/t23-,24+,25+,26-,27+,28+,29+,30-,31-,32+/m1/s1. The Morgan fingerprint density at radius 2 is 1.55 bits per heavy atom. The van der Waals surface area contributed by atoms with Gasteiger partial charge in [0.1, 0.15) is 0 Å². The molecule has 0 aromatic heterocycles. The summed E-state index contributed by atoms with van der Waals surface area (Å²) in [5.74, 6) is 6.76. The molecule has 0 aromatic carbocycles. The summed E-state index contributed by atoms with van der Waals surface area (Å²) in [5.41, 5.74) is 2.53. The quantitative estimate of drug-likeness (QED) is 0.379. The van der Waals surface area contributed by atoms with Crippen LogP contribution in [0.25, 0.3) is 0 Å². The molecule has 0 unspecified atom stereocenters. The second kappa shape index (κ2) is 9.99. The zero-order chi connectivity index (χ0) is 24.0. The molecule has 190 valence electrons. The molecule has 10 atom stereocenters. The van der Waals surface area contributed by atoms with Crippen molar-refractivity contribution in [2.45, 2.75) is 132 Å². The molecule has 0 bridgehead atoms. The zero-order valence-electron chi connectivity index (χ0n) is 23.2. The summed E-state index contributed by atoms with van der Waals surface area (Å²) in [4.78, 5) is 0. The monoisotopic (exact) mass is 456 g/mol. The van der Waals surface area contributed by atoms with E-state index in [0.29, 0.717) is 16.7 Å². The average molecular weight is 457 g/mol. The zero-order valence-corrected chi connectivity index (χ0v) is 23.2. The minimum atomic E-state index is -0.0778.